The summed E-state index contributed by atoms with van der Waals surface area (Å²) in [4.78, 5) is 0. The average molecular weight is 426 g/mol. The largest absolute Gasteiger partial charge is 0.444 e. The van der Waals surface area contributed by atoms with E-state index in [1.807, 2.05) is 84.9 Å². The van der Waals surface area contributed by atoms with E-state index in [0.717, 1.165) is 22.3 Å². The molecular weight excluding hydrogens is 408 g/mol. The number of hydrogen-bond donors (Lipinski definition) is 0. The Kier molecular flexibility index (Phi) is 5.56. The Morgan fingerprint density at radius 3 is 1.34 bits per heavy atom. The highest BCUT2D eigenvalue weighted by Gasteiger charge is 2.13. The van der Waals surface area contributed by atoms with Crippen LogP contribution in [0.25, 0.3) is 22.9 Å². The van der Waals surface area contributed by atoms with Gasteiger partial charge in [0.25, 0.3) is 11.8 Å². The van der Waals surface area contributed by atoms with Crippen molar-refractivity contribution in [3.8, 4) is 35.1 Å². The van der Waals surface area contributed by atoms with Gasteiger partial charge >= 0.3 is 12.2 Å². The van der Waals surface area contributed by atoms with Crippen LogP contribution in [-0.2, 0) is 13.2 Å². The molecule has 0 spiro atoms. The predicted octanol–water partition coefficient (Wildman–Crippen LogP) is 4.94. The molecule has 0 fully saturated rings. The third-order valence-electron chi connectivity index (χ3n) is 4.68. The maximum atomic E-state index is 5.70. The van der Waals surface area contributed by atoms with Gasteiger partial charge in [-0.3, -0.25) is 0 Å². The third-order valence-corrected chi connectivity index (χ3v) is 4.68. The highest BCUT2D eigenvalue weighted by Crippen LogP contribution is 2.23. The minimum atomic E-state index is 0.101. The summed E-state index contributed by atoms with van der Waals surface area (Å²) >= 11 is 0. The molecule has 0 aliphatic heterocycles. The van der Waals surface area contributed by atoms with E-state index < -0.39 is 0 Å². The van der Waals surface area contributed by atoms with E-state index in [2.05, 4.69) is 20.4 Å². The summed E-state index contributed by atoms with van der Waals surface area (Å²) < 4.78 is 22.6. The molecule has 5 aromatic rings. The van der Waals surface area contributed by atoms with E-state index in [0.29, 0.717) is 11.8 Å². The van der Waals surface area contributed by atoms with E-state index in [9.17, 15) is 0 Å². The lowest BCUT2D eigenvalue weighted by Gasteiger charge is -2.08. The highest BCUT2D eigenvalue weighted by atomic mass is 16.6. The summed E-state index contributed by atoms with van der Waals surface area (Å²) in [5, 5.41) is 16.0. The molecule has 32 heavy (non-hydrogen) atoms. The van der Waals surface area contributed by atoms with Gasteiger partial charge in [-0.15, -0.1) is 10.2 Å². The Hall–Kier alpha value is -4.46. The van der Waals surface area contributed by atoms with E-state index in [-0.39, 0.29) is 25.4 Å². The lowest BCUT2D eigenvalue weighted by atomic mass is 10.1. The molecule has 3 aromatic carbocycles. The molecule has 8 heteroatoms. The molecule has 0 radical (unpaired) electrons. The molecule has 5 rings (SSSR count). The summed E-state index contributed by atoms with van der Waals surface area (Å²) in [5.41, 5.74) is 3.49. The van der Waals surface area contributed by atoms with Crippen LogP contribution in [0.2, 0.25) is 0 Å². The Morgan fingerprint density at radius 1 is 0.500 bits per heavy atom. The molecule has 0 bridgehead atoms. The van der Waals surface area contributed by atoms with E-state index in [4.69, 9.17) is 18.3 Å². The van der Waals surface area contributed by atoms with Crippen molar-refractivity contribution in [1.29, 1.82) is 0 Å². The second kappa shape index (κ2) is 9.13. The minimum absolute atomic E-state index is 0.101. The zero-order valence-corrected chi connectivity index (χ0v) is 16.9. The fourth-order valence-corrected chi connectivity index (χ4v) is 3.05. The molecule has 0 amide bonds. The van der Waals surface area contributed by atoms with Gasteiger partial charge in [-0.05, 0) is 35.4 Å². The smallest absolute Gasteiger partial charge is 0.415 e. The molecule has 8 nitrogen and oxygen atoms in total. The zero-order valence-electron chi connectivity index (χ0n) is 16.9. The molecular formula is C24H18N4O4. The Bertz CT molecular complexity index is 1180. The maximum absolute atomic E-state index is 5.70. The van der Waals surface area contributed by atoms with Crippen molar-refractivity contribution in [3.05, 3.63) is 96.1 Å². The molecule has 158 valence electrons. The van der Waals surface area contributed by atoms with Crippen LogP contribution < -0.4 is 9.47 Å². The molecule has 0 unspecified atom stereocenters. The molecule has 2 heterocycles. The minimum Gasteiger partial charge on any atom is -0.444 e. The summed E-state index contributed by atoms with van der Waals surface area (Å²) in [5.74, 6) is 0.811. The average Bonchev–Trinajstić information content (AvgIpc) is 3.53. The summed E-state index contributed by atoms with van der Waals surface area (Å²) in [6.45, 7) is 0.490. The van der Waals surface area contributed by atoms with Crippen molar-refractivity contribution < 1.29 is 18.3 Å². The van der Waals surface area contributed by atoms with Crippen LogP contribution in [0, 0.1) is 0 Å². The van der Waals surface area contributed by atoms with Gasteiger partial charge in [0, 0.05) is 11.1 Å². The third kappa shape index (κ3) is 4.49. The van der Waals surface area contributed by atoms with Gasteiger partial charge in [-0.1, -0.05) is 70.9 Å². The highest BCUT2D eigenvalue weighted by molar-refractivity contribution is 5.52. The standard InChI is InChI=1S/C24H18N4O4/c1-3-9-17(10-4-1)21-25-27-23(31-21)29-15-19-13-7-8-14-20(19)16-30-24-28-26-22(32-24)18-11-5-2-6-12-18/h1-14H,15-16H2. The lowest BCUT2D eigenvalue weighted by molar-refractivity contribution is 0.207. The van der Waals surface area contributed by atoms with E-state index in [1.165, 1.54) is 0 Å². The van der Waals surface area contributed by atoms with Crippen LogP contribution in [0.3, 0.4) is 0 Å². The van der Waals surface area contributed by atoms with Gasteiger partial charge in [0.2, 0.25) is 0 Å². The summed E-state index contributed by atoms with van der Waals surface area (Å²) in [6.07, 6.45) is 0.202. The van der Waals surface area contributed by atoms with E-state index >= 15 is 0 Å². The van der Waals surface area contributed by atoms with Crippen molar-refractivity contribution in [1.82, 2.24) is 20.4 Å². The fourth-order valence-electron chi connectivity index (χ4n) is 3.05. The van der Waals surface area contributed by atoms with Gasteiger partial charge in [0.15, 0.2) is 0 Å². The lowest BCUT2D eigenvalue weighted by Crippen LogP contribution is -2.04. The quantitative estimate of drug-likeness (QED) is 0.344. The molecule has 2 aromatic heterocycles. The van der Waals surface area contributed by atoms with Crippen molar-refractivity contribution >= 4 is 0 Å². The second-order valence-electron chi connectivity index (χ2n) is 6.82. The van der Waals surface area contributed by atoms with Gasteiger partial charge in [0.05, 0.1) is 0 Å². The zero-order chi connectivity index (χ0) is 21.6. The number of rotatable bonds is 8. The normalized spacial score (nSPS) is 10.8. The second-order valence-corrected chi connectivity index (χ2v) is 6.82. The van der Waals surface area contributed by atoms with Gasteiger partial charge in [-0.2, -0.15) is 0 Å². The van der Waals surface area contributed by atoms with Gasteiger partial charge in [0.1, 0.15) is 13.2 Å². The Morgan fingerprint density at radius 2 is 0.906 bits per heavy atom. The number of benzene rings is 3. The first-order valence-corrected chi connectivity index (χ1v) is 9.95. The summed E-state index contributed by atoms with van der Waals surface area (Å²) in [7, 11) is 0. The van der Waals surface area contributed by atoms with Gasteiger partial charge < -0.3 is 18.3 Å². The molecule has 0 atom stereocenters. The van der Waals surface area contributed by atoms with Crippen molar-refractivity contribution in [2.75, 3.05) is 0 Å². The fraction of sp³-hybridized carbons (Fsp3) is 0.0833. The van der Waals surface area contributed by atoms with Crippen molar-refractivity contribution in [2.24, 2.45) is 0 Å². The SMILES string of the molecule is c1ccc(-c2nnc(OCc3ccccc3COc3nnc(-c4ccccc4)o3)o2)cc1. The summed E-state index contributed by atoms with van der Waals surface area (Å²) in [6, 6.07) is 26.8. The molecule has 0 aliphatic rings. The number of ether oxygens (including phenoxy) is 2. The number of nitrogens with zero attached hydrogens (tertiary/aromatic N) is 4. The van der Waals surface area contributed by atoms with Crippen LogP contribution in [0.4, 0.5) is 0 Å². The molecule has 0 saturated carbocycles. The first kappa shape index (κ1) is 19.5. The monoisotopic (exact) mass is 426 g/mol. The molecule has 0 N–H and O–H groups in total. The van der Waals surface area contributed by atoms with Crippen molar-refractivity contribution in [3.63, 3.8) is 0 Å². The molecule has 0 saturated heterocycles. The Balaban J connectivity index is 1.22. The predicted molar refractivity (Wildman–Crippen MR) is 115 cm³/mol. The van der Waals surface area contributed by atoms with Crippen LogP contribution in [0.1, 0.15) is 11.1 Å². The maximum Gasteiger partial charge on any atom is 0.415 e. The van der Waals surface area contributed by atoms with Crippen molar-refractivity contribution in [2.45, 2.75) is 13.2 Å². The number of aromatic nitrogens is 4. The first-order chi connectivity index (χ1) is 15.8. The number of hydrogen-bond acceptors (Lipinski definition) is 8. The van der Waals surface area contributed by atoms with Crippen LogP contribution in [0.5, 0.6) is 12.2 Å². The molecule has 0 aliphatic carbocycles. The first-order valence-electron chi connectivity index (χ1n) is 9.95. The van der Waals surface area contributed by atoms with Gasteiger partial charge in [-0.25, -0.2) is 0 Å². The van der Waals surface area contributed by atoms with Crippen LogP contribution in [-0.4, -0.2) is 20.4 Å². The van der Waals surface area contributed by atoms with Crippen LogP contribution in [0.15, 0.2) is 93.8 Å². The van der Waals surface area contributed by atoms with Crippen LogP contribution >= 0.6 is 0 Å². The van der Waals surface area contributed by atoms with E-state index in [1.54, 1.807) is 0 Å². The Labute approximate surface area is 183 Å². The topological polar surface area (TPSA) is 96.3 Å².